The zero-order chi connectivity index (χ0) is 31.7. The molecule has 1 saturated carbocycles. The number of hydrogen-bond donors (Lipinski definition) is 3. The number of benzene rings is 2. The number of piperidine rings is 1. The van der Waals surface area contributed by atoms with E-state index in [2.05, 4.69) is 20.7 Å². The van der Waals surface area contributed by atoms with Gasteiger partial charge in [0.25, 0.3) is 5.91 Å². The quantitative estimate of drug-likeness (QED) is 0.286. The van der Waals surface area contributed by atoms with Gasteiger partial charge in [0.1, 0.15) is 23.7 Å². The summed E-state index contributed by atoms with van der Waals surface area (Å²) >= 11 is 0. The minimum atomic E-state index is -3.24. The minimum absolute atomic E-state index is 0.0235. The maximum atomic E-state index is 15.4. The van der Waals surface area contributed by atoms with E-state index >= 15 is 4.39 Å². The Kier molecular flexibility index (Phi) is 8.56. The average molecular weight is 616 g/mol. The van der Waals surface area contributed by atoms with E-state index in [0.717, 1.165) is 29.9 Å². The maximum absolute atomic E-state index is 15.4. The van der Waals surface area contributed by atoms with Crippen LogP contribution in [0.4, 0.5) is 18.9 Å². The van der Waals surface area contributed by atoms with Crippen LogP contribution in [0.25, 0.3) is 0 Å². The Morgan fingerprint density at radius 2 is 1.84 bits per heavy atom. The highest BCUT2D eigenvalue weighted by Crippen LogP contribution is 2.36. The molecule has 15 heteroatoms. The summed E-state index contributed by atoms with van der Waals surface area (Å²) in [5.41, 5.74) is -0.00795. The van der Waals surface area contributed by atoms with Crippen molar-refractivity contribution in [2.75, 3.05) is 18.5 Å². The van der Waals surface area contributed by atoms with Gasteiger partial charge in [-0.2, -0.15) is 8.78 Å². The molecule has 1 aliphatic carbocycles. The second kappa shape index (κ2) is 12.3. The van der Waals surface area contributed by atoms with Crippen molar-refractivity contribution in [2.24, 2.45) is 5.92 Å². The number of imide groups is 1. The molecule has 44 heavy (non-hydrogen) atoms. The van der Waals surface area contributed by atoms with Crippen LogP contribution in [0.15, 0.2) is 36.4 Å². The second-order valence-corrected chi connectivity index (χ2v) is 10.6. The van der Waals surface area contributed by atoms with Crippen molar-refractivity contribution in [3.63, 3.8) is 0 Å². The summed E-state index contributed by atoms with van der Waals surface area (Å²) in [6.07, 6.45) is 1.90. The molecule has 3 N–H and O–H groups in total. The van der Waals surface area contributed by atoms with Gasteiger partial charge in [0.05, 0.1) is 0 Å². The number of anilines is 1. The summed E-state index contributed by atoms with van der Waals surface area (Å²) in [6.45, 7) is -3.01. The summed E-state index contributed by atoms with van der Waals surface area (Å²) in [4.78, 5) is 79.5. The van der Waals surface area contributed by atoms with Crippen molar-refractivity contribution in [3.8, 4) is 5.75 Å². The molecule has 2 atom stereocenters. The molecule has 3 aliphatic rings. The fraction of sp³-hybridized carbons (Fsp3) is 0.379. The number of hydrogen-bond acceptors (Lipinski definition) is 7. The first-order valence-corrected chi connectivity index (χ1v) is 13.8. The Hall–Kier alpha value is -4.95. The third-order valence-electron chi connectivity index (χ3n) is 7.70. The molecule has 6 amide bonds. The Labute approximate surface area is 248 Å². The van der Waals surface area contributed by atoms with Crippen molar-refractivity contribution in [1.82, 2.24) is 20.9 Å². The minimum Gasteiger partial charge on any atom is -0.435 e. The molecule has 232 valence electrons. The molecular formula is C29H28F3N5O7. The highest BCUT2D eigenvalue weighted by atomic mass is 19.3. The Bertz CT molecular complexity index is 1550. The molecule has 12 nitrogen and oxygen atoms in total. The monoisotopic (exact) mass is 615 g/mol. The van der Waals surface area contributed by atoms with E-state index in [1.54, 1.807) is 0 Å². The topological polar surface area (TPSA) is 154 Å². The van der Waals surface area contributed by atoms with Gasteiger partial charge < -0.3 is 20.3 Å². The summed E-state index contributed by atoms with van der Waals surface area (Å²) < 4.78 is 45.1. The molecule has 0 spiro atoms. The molecular weight excluding hydrogens is 587 g/mol. The van der Waals surface area contributed by atoms with E-state index in [0.29, 0.717) is 11.6 Å². The predicted octanol–water partition coefficient (Wildman–Crippen LogP) is 1.53. The standard InChI is InChI=1S/C29H28F3N5O7/c1-33-25(40)23(18-7-6-17(11-20(18)30)44-29(31)32)37(28(43)26(41)34-12-14-2-3-14)16-5-4-15-13-36(27(42)19(15)10-16)21-8-9-22(38)35-24(21)39/h4-7,10-11,14,21,23,29H,2-3,8-9,12-13H2,1H3,(H,33,40)(H,34,41)(H,35,38,39). The Morgan fingerprint density at radius 1 is 1.09 bits per heavy atom. The zero-order valence-corrected chi connectivity index (χ0v) is 23.4. The molecule has 2 fully saturated rings. The van der Waals surface area contributed by atoms with E-state index in [9.17, 15) is 37.5 Å². The van der Waals surface area contributed by atoms with Gasteiger partial charge in [-0.05, 0) is 55.0 Å². The predicted molar refractivity (Wildman–Crippen MR) is 146 cm³/mol. The van der Waals surface area contributed by atoms with Gasteiger partial charge >= 0.3 is 18.4 Å². The third kappa shape index (κ3) is 6.21. The highest BCUT2D eigenvalue weighted by molar-refractivity contribution is 6.41. The lowest BCUT2D eigenvalue weighted by atomic mass is 10.0. The second-order valence-electron chi connectivity index (χ2n) is 10.6. The lowest BCUT2D eigenvalue weighted by molar-refractivity contribution is -0.138. The summed E-state index contributed by atoms with van der Waals surface area (Å²) in [5, 5.41) is 7.06. The van der Waals surface area contributed by atoms with Crippen molar-refractivity contribution in [1.29, 1.82) is 0 Å². The first-order valence-electron chi connectivity index (χ1n) is 13.8. The molecule has 2 aliphatic heterocycles. The van der Waals surface area contributed by atoms with Crippen LogP contribution in [0.2, 0.25) is 0 Å². The lowest BCUT2D eigenvalue weighted by Gasteiger charge is -2.31. The van der Waals surface area contributed by atoms with Crippen molar-refractivity contribution >= 4 is 41.1 Å². The number of alkyl halides is 2. The smallest absolute Gasteiger partial charge is 0.387 e. The number of nitrogens with zero attached hydrogens (tertiary/aromatic N) is 2. The number of ether oxygens (including phenoxy) is 1. The van der Waals surface area contributed by atoms with E-state index in [4.69, 9.17) is 0 Å². The van der Waals surface area contributed by atoms with Crippen LogP contribution in [-0.2, 0) is 30.5 Å². The Morgan fingerprint density at radius 3 is 2.48 bits per heavy atom. The lowest BCUT2D eigenvalue weighted by Crippen LogP contribution is -2.52. The summed E-state index contributed by atoms with van der Waals surface area (Å²) in [5.74, 6) is -6.41. The average Bonchev–Trinajstić information content (AvgIpc) is 3.76. The van der Waals surface area contributed by atoms with Gasteiger partial charge in [-0.3, -0.25) is 39.0 Å². The molecule has 2 heterocycles. The first kappa shape index (κ1) is 30.5. The number of carbonyl (C=O) groups is 6. The molecule has 0 aromatic heterocycles. The SMILES string of the molecule is CNC(=O)C(c1ccc(OC(F)F)cc1F)N(C(=O)C(=O)NCC1CC1)c1ccc2c(c1)C(=O)N(C1CCC(=O)NC1=O)C2. The van der Waals surface area contributed by atoms with Gasteiger partial charge in [-0.1, -0.05) is 6.07 Å². The fourth-order valence-corrected chi connectivity index (χ4v) is 5.26. The maximum Gasteiger partial charge on any atom is 0.387 e. The van der Waals surface area contributed by atoms with Crippen LogP contribution < -0.4 is 25.6 Å². The van der Waals surface area contributed by atoms with Crippen LogP contribution >= 0.6 is 0 Å². The van der Waals surface area contributed by atoms with E-state index < -0.39 is 71.3 Å². The van der Waals surface area contributed by atoms with Crippen molar-refractivity contribution in [3.05, 3.63) is 58.9 Å². The van der Waals surface area contributed by atoms with Crippen molar-refractivity contribution < 1.29 is 46.7 Å². The van der Waals surface area contributed by atoms with Crippen molar-refractivity contribution in [2.45, 2.75) is 50.9 Å². The fourth-order valence-electron chi connectivity index (χ4n) is 5.26. The number of halogens is 3. The zero-order valence-electron chi connectivity index (χ0n) is 23.4. The van der Waals surface area contributed by atoms with Crippen LogP contribution in [0, 0.1) is 11.7 Å². The number of amides is 6. The molecule has 2 unspecified atom stereocenters. The third-order valence-corrected chi connectivity index (χ3v) is 7.70. The van der Waals surface area contributed by atoms with E-state index in [1.807, 2.05) is 0 Å². The largest absolute Gasteiger partial charge is 0.435 e. The van der Waals surface area contributed by atoms with Gasteiger partial charge in [0, 0.05) is 49.4 Å². The number of likely N-dealkylation sites (N-methyl/N-ethyl adjacent to an activating group) is 1. The van der Waals surface area contributed by atoms with Gasteiger partial charge in [-0.25, -0.2) is 4.39 Å². The molecule has 0 radical (unpaired) electrons. The Balaban J connectivity index is 1.54. The van der Waals surface area contributed by atoms with Crippen LogP contribution in [0.1, 0.15) is 53.2 Å². The molecule has 2 aromatic carbocycles. The van der Waals surface area contributed by atoms with E-state index in [1.165, 1.54) is 30.1 Å². The summed E-state index contributed by atoms with van der Waals surface area (Å²) in [6, 6.07) is 3.97. The van der Waals surface area contributed by atoms with Gasteiger partial charge in [0.2, 0.25) is 17.7 Å². The molecule has 1 saturated heterocycles. The molecule has 2 aromatic rings. The highest BCUT2D eigenvalue weighted by Gasteiger charge is 2.42. The van der Waals surface area contributed by atoms with Crippen LogP contribution in [0.5, 0.6) is 5.75 Å². The number of rotatable bonds is 9. The summed E-state index contributed by atoms with van der Waals surface area (Å²) in [7, 11) is 1.22. The molecule has 5 rings (SSSR count). The molecule has 0 bridgehead atoms. The van der Waals surface area contributed by atoms with Crippen LogP contribution in [0.3, 0.4) is 0 Å². The number of fused-ring (bicyclic) bond motifs is 1. The van der Waals surface area contributed by atoms with Crippen LogP contribution in [-0.4, -0.2) is 66.6 Å². The van der Waals surface area contributed by atoms with Gasteiger partial charge in [-0.15, -0.1) is 0 Å². The number of carbonyl (C=O) groups excluding carboxylic acids is 6. The van der Waals surface area contributed by atoms with Gasteiger partial charge in [0.15, 0.2) is 0 Å². The normalized spacial score (nSPS) is 18.4. The number of nitrogens with one attached hydrogen (secondary N) is 3. The first-order chi connectivity index (χ1) is 21.0. The van der Waals surface area contributed by atoms with E-state index in [-0.39, 0.29) is 43.1 Å².